The Labute approximate surface area is 320 Å². The Balaban J connectivity index is 1.45. The molecule has 290 valence electrons. The molecule has 0 radical (unpaired) electrons. The number of aliphatic hydroxyl groups is 1. The van der Waals surface area contributed by atoms with E-state index in [0.29, 0.717) is 32.0 Å². The SMILES string of the molecule is CC(C)c1nc(CN(C)C(=O)NC[C@H](C(=O)N[C@H](Cc2ccccc2)[C@@H](O)CN2CCN(Cc3ccccc3)C[C@@H]2C(=O)NC(C)(C)C)C(C)C)cs1. The number of thiazole rings is 1. The highest BCUT2D eigenvalue weighted by Crippen LogP contribution is 2.21. The van der Waals surface area contributed by atoms with Crippen molar-refractivity contribution in [3.8, 4) is 0 Å². The molecule has 3 aromatic rings. The summed E-state index contributed by atoms with van der Waals surface area (Å²) < 4.78 is 0. The van der Waals surface area contributed by atoms with E-state index in [9.17, 15) is 19.5 Å². The quantitative estimate of drug-likeness (QED) is 0.165. The summed E-state index contributed by atoms with van der Waals surface area (Å²) >= 11 is 1.59. The van der Waals surface area contributed by atoms with Crippen molar-refractivity contribution in [1.82, 2.24) is 35.6 Å². The Morgan fingerprint density at radius 1 is 0.981 bits per heavy atom. The lowest BCUT2D eigenvalue weighted by Crippen LogP contribution is -2.63. The van der Waals surface area contributed by atoms with E-state index in [1.807, 2.05) is 88.5 Å². The van der Waals surface area contributed by atoms with E-state index in [0.717, 1.165) is 29.4 Å². The maximum Gasteiger partial charge on any atom is 0.317 e. The number of hydrogen-bond acceptors (Lipinski definition) is 8. The molecule has 0 unspecified atom stereocenters. The van der Waals surface area contributed by atoms with Crippen LogP contribution in [0.5, 0.6) is 0 Å². The van der Waals surface area contributed by atoms with Crippen molar-refractivity contribution >= 4 is 29.2 Å². The molecule has 4 amide bonds. The van der Waals surface area contributed by atoms with Crippen molar-refractivity contribution < 1.29 is 19.5 Å². The summed E-state index contributed by atoms with van der Waals surface area (Å²) in [7, 11) is 1.72. The smallest absolute Gasteiger partial charge is 0.317 e. The van der Waals surface area contributed by atoms with Crippen molar-refractivity contribution in [3.05, 3.63) is 87.9 Å². The highest BCUT2D eigenvalue weighted by atomic mass is 32.1. The van der Waals surface area contributed by atoms with Gasteiger partial charge < -0.3 is 26.0 Å². The van der Waals surface area contributed by atoms with Crippen LogP contribution in [0.4, 0.5) is 4.79 Å². The molecule has 0 bridgehead atoms. The number of carbonyl (C=O) groups excluding carboxylic acids is 3. The molecule has 4 N–H and O–H groups in total. The summed E-state index contributed by atoms with van der Waals surface area (Å²) in [6.45, 7) is 17.3. The maximum atomic E-state index is 14.0. The third-order valence-corrected chi connectivity index (χ3v) is 10.8. The molecule has 4 rings (SSSR count). The number of rotatable bonds is 16. The first kappa shape index (κ1) is 41.9. The minimum Gasteiger partial charge on any atom is -0.390 e. The second-order valence-electron chi connectivity index (χ2n) is 16.1. The predicted molar refractivity (Wildman–Crippen MR) is 212 cm³/mol. The average Bonchev–Trinajstić information content (AvgIpc) is 3.57. The van der Waals surface area contributed by atoms with Crippen LogP contribution in [0, 0.1) is 11.8 Å². The van der Waals surface area contributed by atoms with E-state index < -0.39 is 29.6 Å². The molecule has 4 atom stereocenters. The number of carbonyl (C=O) groups is 3. The number of benzene rings is 2. The van der Waals surface area contributed by atoms with Crippen molar-refractivity contribution in [2.75, 3.05) is 39.8 Å². The van der Waals surface area contributed by atoms with Gasteiger partial charge in [0.1, 0.15) is 6.04 Å². The molecule has 0 aliphatic carbocycles. The molecular weight excluding hydrogens is 687 g/mol. The second kappa shape index (κ2) is 19.5. The van der Waals surface area contributed by atoms with E-state index in [4.69, 9.17) is 0 Å². The first-order valence-corrected chi connectivity index (χ1v) is 19.8. The van der Waals surface area contributed by atoms with E-state index in [-0.39, 0.29) is 36.9 Å². The lowest BCUT2D eigenvalue weighted by atomic mass is 9.93. The van der Waals surface area contributed by atoms with E-state index in [2.05, 4.69) is 56.7 Å². The molecule has 1 aliphatic rings. The van der Waals surface area contributed by atoms with Crippen LogP contribution in [0.25, 0.3) is 0 Å². The van der Waals surface area contributed by atoms with E-state index in [1.54, 1.807) is 23.3 Å². The van der Waals surface area contributed by atoms with Crippen LogP contribution in [-0.4, -0.2) is 106 Å². The van der Waals surface area contributed by atoms with Crippen molar-refractivity contribution in [2.24, 2.45) is 11.8 Å². The number of amides is 4. The van der Waals surface area contributed by atoms with Gasteiger partial charge in [-0.15, -0.1) is 11.3 Å². The molecule has 1 aromatic heterocycles. The average molecular weight is 748 g/mol. The Bertz CT molecular complexity index is 1590. The van der Waals surface area contributed by atoms with Gasteiger partial charge in [0.2, 0.25) is 11.8 Å². The Hall–Kier alpha value is -3.84. The number of aromatic nitrogens is 1. The van der Waals surface area contributed by atoms with Crippen molar-refractivity contribution in [2.45, 2.75) is 97.6 Å². The Kier molecular flexibility index (Phi) is 15.4. The summed E-state index contributed by atoms with van der Waals surface area (Å²) in [6.07, 6.45) is -0.556. The molecule has 2 aromatic carbocycles. The number of piperazine rings is 1. The minimum atomic E-state index is -0.966. The van der Waals surface area contributed by atoms with Crippen LogP contribution in [0.3, 0.4) is 0 Å². The molecule has 1 aliphatic heterocycles. The standard InChI is InChI=1S/C41H61N7O4S/c1-28(2)33(22-42-40(52)46(8)24-32-27-53-39(43-32)29(3)4)37(50)44-34(21-30-15-11-9-12-16-30)36(49)26-48-20-19-47(23-31-17-13-10-14-18-31)25-35(48)38(51)45-41(5,6)7/h9-18,27-29,33-36,49H,19-26H2,1-8H3,(H,42,52)(H,44,50)(H,45,51)/t33-,34+,35+,36-/m0/s1. The molecule has 1 fully saturated rings. The Morgan fingerprint density at radius 3 is 2.21 bits per heavy atom. The largest absolute Gasteiger partial charge is 0.390 e. The minimum absolute atomic E-state index is 0.0783. The lowest BCUT2D eigenvalue weighted by Gasteiger charge is -2.43. The van der Waals surface area contributed by atoms with Gasteiger partial charge in [-0.2, -0.15) is 0 Å². The first-order chi connectivity index (χ1) is 25.1. The zero-order chi connectivity index (χ0) is 38.7. The molecule has 0 saturated carbocycles. The molecule has 1 saturated heterocycles. The Morgan fingerprint density at radius 2 is 1.62 bits per heavy atom. The molecule has 11 nitrogen and oxygen atoms in total. The zero-order valence-corrected chi connectivity index (χ0v) is 33.7. The monoisotopic (exact) mass is 747 g/mol. The third kappa shape index (κ3) is 13.2. The van der Waals surface area contributed by atoms with Gasteiger partial charge in [0.25, 0.3) is 0 Å². The highest BCUT2D eigenvalue weighted by Gasteiger charge is 2.37. The van der Waals surface area contributed by atoms with Gasteiger partial charge in [-0.1, -0.05) is 88.4 Å². The number of urea groups is 1. The van der Waals surface area contributed by atoms with Gasteiger partial charge in [-0.3, -0.25) is 19.4 Å². The summed E-state index contributed by atoms with van der Waals surface area (Å²) in [5.41, 5.74) is 2.58. The predicted octanol–water partition coefficient (Wildman–Crippen LogP) is 4.87. The van der Waals surface area contributed by atoms with Gasteiger partial charge in [0.05, 0.1) is 35.3 Å². The van der Waals surface area contributed by atoms with E-state index in [1.165, 1.54) is 5.56 Å². The van der Waals surface area contributed by atoms with E-state index >= 15 is 0 Å². The molecule has 53 heavy (non-hydrogen) atoms. The first-order valence-electron chi connectivity index (χ1n) is 18.9. The van der Waals surface area contributed by atoms with Gasteiger partial charge in [0.15, 0.2) is 0 Å². The summed E-state index contributed by atoms with van der Waals surface area (Å²) in [4.78, 5) is 51.4. The van der Waals surface area contributed by atoms with Crippen LogP contribution < -0.4 is 16.0 Å². The highest BCUT2D eigenvalue weighted by molar-refractivity contribution is 7.09. The third-order valence-electron chi connectivity index (χ3n) is 9.56. The van der Waals surface area contributed by atoms with Crippen LogP contribution in [0.2, 0.25) is 0 Å². The van der Waals surface area contributed by atoms with Crippen LogP contribution in [-0.2, 0) is 29.1 Å². The van der Waals surface area contributed by atoms with Gasteiger partial charge >= 0.3 is 6.03 Å². The molecule has 12 heteroatoms. The van der Waals surface area contributed by atoms with Crippen LogP contribution in [0.1, 0.15) is 76.2 Å². The number of nitrogens with one attached hydrogen (secondary N) is 3. The summed E-state index contributed by atoms with van der Waals surface area (Å²) in [6, 6.07) is 18.6. The van der Waals surface area contributed by atoms with Crippen molar-refractivity contribution in [1.29, 1.82) is 0 Å². The molecular formula is C41H61N7O4S. The number of hydrogen-bond donors (Lipinski definition) is 4. The number of nitrogens with zero attached hydrogens (tertiary/aromatic N) is 4. The van der Waals surface area contributed by atoms with Gasteiger partial charge in [-0.25, -0.2) is 9.78 Å². The van der Waals surface area contributed by atoms with Gasteiger partial charge in [-0.05, 0) is 44.2 Å². The second-order valence-corrected chi connectivity index (χ2v) is 17.0. The fraction of sp³-hybridized carbons (Fsp3) is 0.561. The zero-order valence-electron chi connectivity index (χ0n) is 32.8. The summed E-state index contributed by atoms with van der Waals surface area (Å²) in [5.74, 6) is -0.602. The van der Waals surface area contributed by atoms with Crippen LogP contribution >= 0.6 is 11.3 Å². The number of aliphatic hydroxyl groups excluding tert-OH is 1. The molecule has 2 heterocycles. The fourth-order valence-electron chi connectivity index (χ4n) is 6.53. The lowest BCUT2D eigenvalue weighted by molar-refractivity contribution is -0.132. The normalized spacial score (nSPS) is 17.3. The van der Waals surface area contributed by atoms with Crippen LogP contribution in [0.15, 0.2) is 66.0 Å². The fourth-order valence-corrected chi connectivity index (χ4v) is 7.36. The maximum absolute atomic E-state index is 14.0. The molecule has 0 spiro atoms. The van der Waals surface area contributed by atoms with Gasteiger partial charge in [0, 0.05) is 63.2 Å². The topological polar surface area (TPSA) is 130 Å². The summed E-state index contributed by atoms with van der Waals surface area (Å²) in [5, 5.41) is 24.2. The number of β-amino-alcohol motifs (C(OH)–C–C–N with tert-alkyl or cyclic N) is 1. The van der Waals surface area contributed by atoms with Crippen molar-refractivity contribution in [3.63, 3.8) is 0 Å².